The Balaban J connectivity index is 1.84. The normalized spacial score (nSPS) is 19.7. The molecule has 126 valence electrons. The van der Waals surface area contributed by atoms with E-state index in [1.54, 1.807) is 39.8 Å². The van der Waals surface area contributed by atoms with Crippen molar-refractivity contribution < 1.29 is 23.8 Å². The fourth-order valence-corrected chi connectivity index (χ4v) is 2.20. The first-order valence-electron chi connectivity index (χ1n) is 7.72. The minimum absolute atomic E-state index is 0.103. The third kappa shape index (κ3) is 5.47. The maximum atomic E-state index is 11.6. The van der Waals surface area contributed by atoms with Gasteiger partial charge in [-0.05, 0) is 51.8 Å². The minimum atomic E-state index is -0.724. The first kappa shape index (κ1) is 17.1. The van der Waals surface area contributed by atoms with Crippen molar-refractivity contribution >= 4 is 12.2 Å². The van der Waals surface area contributed by atoms with Gasteiger partial charge in [0.25, 0.3) is 0 Å². The number of amides is 1. The highest BCUT2D eigenvalue weighted by atomic mass is 16.7. The predicted octanol–water partition coefficient (Wildman–Crippen LogP) is 3.60. The fourth-order valence-electron chi connectivity index (χ4n) is 2.20. The van der Waals surface area contributed by atoms with Gasteiger partial charge < -0.3 is 19.5 Å². The van der Waals surface area contributed by atoms with Crippen molar-refractivity contribution in [2.45, 2.75) is 51.7 Å². The molecule has 0 bridgehead atoms. The molecule has 0 spiro atoms. The summed E-state index contributed by atoms with van der Waals surface area (Å²) < 4.78 is 15.1. The monoisotopic (exact) mass is 321 g/mol. The molecule has 1 saturated carbocycles. The summed E-state index contributed by atoms with van der Waals surface area (Å²) in [4.78, 5) is 22.9. The first-order chi connectivity index (χ1) is 10.8. The van der Waals surface area contributed by atoms with Gasteiger partial charge in [0.15, 0.2) is 0 Å². The summed E-state index contributed by atoms with van der Waals surface area (Å²) in [5.41, 5.74) is 0.500. The average Bonchev–Trinajstić information content (AvgIpc) is 3.16. The SMILES string of the molecule is CCOC(=O)N[C@@H]1C[C@H]1c1ccc(OC(=O)OC(C)(C)C)cc1. The van der Waals surface area contributed by atoms with Crippen LogP contribution in [0, 0.1) is 0 Å². The molecule has 0 saturated heterocycles. The van der Waals surface area contributed by atoms with Crippen LogP contribution in [0.1, 0.15) is 45.6 Å². The predicted molar refractivity (Wildman–Crippen MR) is 84.6 cm³/mol. The van der Waals surface area contributed by atoms with Gasteiger partial charge >= 0.3 is 12.2 Å². The second-order valence-corrected chi connectivity index (χ2v) is 6.45. The average molecular weight is 321 g/mol. The molecule has 1 aliphatic carbocycles. The Morgan fingerprint density at radius 2 is 1.87 bits per heavy atom. The number of hydrogen-bond donors (Lipinski definition) is 1. The molecule has 6 nitrogen and oxygen atoms in total. The smallest absolute Gasteiger partial charge is 0.450 e. The van der Waals surface area contributed by atoms with Gasteiger partial charge in [0.1, 0.15) is 11.4 Å². The maximum absolute atomic E-state index is 11.6. The molecule has 1 aromatic carbocycles. The molecule has 2 rings (SSSR count). The number of hydrogen-bond acceptors (Lipinski definition) is 5. The highest BCUT2D eigenvalue weighted by Gasteiger charge is 2.39. The molecule has 23 heavy (non-hydrogen) atoms. The van der Waals surface area contributed by atoms with Crippen LogP contribution in [0.25, 0.3) is 0 Å². The lowest BCUT2D eigenvalue weighted by molar-refractivity contribution is 0.0206. The van der Waals surface area contributed by atoms with Crippen LogP contribution in [0.4, 0.5) is 9.59 Å². The Hall–Kier alpha value is -2.24. The van der Waals surface area contributed by atoms with Crippen molar-refractivity contribution in [3.05, 3.63) is 29.8 Å². The van der Waals surface area contributed by atoms with E-state index in [4.69, 9.17) is 14.2 Å². The quantitative estimate of drug-likeness (QED) is 0.677. The van der Waals surface area contributed by atoms with E-state index in [0.717, 1.165) is 12.0 Å². The number of carbonyl (C=O) groups excluding carboxylic acids is 2. The van der Waals surface area contributed by atoms with Crippen LogP contribution in [0.3, 0.4) is 0 Å². The van der Waals surface area contributed by atoms with E-state index in [9.17, 15) is 9.59 Å². The zero-order valence-corrected chi connectivity index (χ0v) is 13.9. The molecular weight excluding hydrogens is 298 g/mol. The van der Waals surface area contributed by atoms with E-state index in [-0.39, 0.29) is 18.1 Å². The van der Waals surface area contributed by atoms with E-state index in [1.807, 2.05) is 12.1 Å². The van der Waals surface area contributed by atoms with Crippen LogP contribution in [0.2, 0.25) is 0 Å². The third-order valence-electron chi connectivity index (χ3n) is 3.27. The number of rotatable bonds is 4. The van der Waals surface area contributed by atoms with E-state index in [2.05, 4.69) is 5.32 Å². The lowest BCUT2D eigenvalue weighted by Gasteiger charge is -2.18. The summed E-state index contributed by atoms with van der Waals surface area (Å²) in [5, 5.41) is 2.81. The van der Waals surface area contributed by atoms with Crippen LogP contribution in [0.5, 0.6) is 5.75 Å². The third-order valence-corrected chi connectivity index (χ3v) is 3.27. The van der Waals surface area contributed by atoms with Gasteiger partial charge in [-0.1, -0.05) is 12.1 Å². The van der Waals surface area contributed by atoms with Crippen molar-refractivity contribution in [1.82, 2.24) is 5.32 Å². The van der Waals surface area contributed by atoms with E-state index >= 15 is 0 Å². The Morgan fingerprint density at radius 3 is 2.43 bits per heavy atom. The van der Waals surface area contributed by atoms with Crippen molar-refractivity contribution in [3.8, 4) is 5.75 Å². The summed E-state index contributed by atoms with van der Waals surface area (Å²) in [7, 11) is 0. The molecule has 0 unspecified atom stereocenters. The van der Waals surface area contributed by atoms with Crippen LogP contribution in [0.15, 0.2) is 24.3 Å². The standard InChI is InChI=1S/C17H23NO5/c1-5-21-15(19)18-14-10-13(14)11-6-8-12(9-7-11)22-16(20)23-17(2,3)4/h6-9,13-14H,5,10H2,1-4H3,(H,18,19)/t13-,14+/m0/s1. The van der Waals surface area contributed by atoms with Crippen LogP contribution in [-0.2, 0) is 9.47 Å². The molecule has 1 fully saturated rings. The summed E-state index contributed by atoms with van der Waals surface area (Å²) >= 11 is 0. The Morgan fingerprint density at radius 1 is 1.22 bits per heavy atom. The van der Waals surface area contributed by atoms with Gasteiger partial charge in [0.2, 0.25) is 0 Å². The van der Waals surface area contributed by atoms with Crippen molar-refractivity contribution in [2.24, 2.45) is 0 Å². The van der Waals surface area contributed by atoms with Gasteiger partial charge in [-0.15, -0.1) is 0 Å². The second kappa shape index (κ2) is 6.89. The summed E-state index contributed by atoms with van der Waals surface area (Å²) in [5.74, 6) is 0.702. The Kier molecular flexibility index (Phi) is 5.13. The number of ether oxygens (including phenoxy) is 3. The lowest BCUT2D eigenvalue weighted by atomic mass is 10.1. The van der Waals surface area contributed by atoms with Gasteiger partial charge in [-0.2, -0.15) is 0 Å². The van der Waals surface area contributed by atoms with Crippen molar-refractivity contribution in [3.63, 3.8) is 0 Å². The van der Waals surface area contributed by atoms with E-state index in [0.29, 0.717) is 12.4 Å². The van der Waals surface area contributed by atoms with Gasteiger partial charge in [0, 0.05) is 12.0 Å². The van der Waals surface area contributed by atoms with E-state index < -0.39 is 11.8 Å². The van der Waals surface area contributed by atoms with E-state index in [1.165, 1.54) is 0 Å². The van der Waals surface area contributed by atoms with Crippen LogP contribution >= 0.6 is 0 Å². The van der Waals surface area contributed by atoms with Crippen LogP contribution < -0.4 is 10.1 Å². The summed E-state index contributed by atoms with van der Waals surface area (Å²) in [6.07, 6.45) is -0.228. The molecule has 6 heteroatoms. The summed E-state index contributed by atoms with van der Waals surface area (Å²) in [6, 6.07) is 7.32. The summed E-state index contributed by atoms with van der Waals surface area (Å²) in [6.45, 7) is 7.47. The molecule has 0 heterocycles. The zero-order chi connectivity index (χ0) is 17.0. The molecule has 2 atom stereocenters. The lowest BCUT2D eigenvalue weighted by Crippen LogP contribution is -2.27. The fraction of sp³-hybridized carbons (Fsp3) is 0.529. The highest BCUT2D eigenvalue weighted by molar-refractivity contribution is 5.68. The molecular formula is C17H23NO5. The number of benzene rings is 1. The molecule has 1 aromatic rings. The molecule has 1 N–H and O–H groups in total. The number of nitrogens with one attached hydrogen (secondary N) is 1. The molecule has 1 aliphatic rings. The van der Waals surface area contributed by atoms with Crippen molar-refractivity contribution in [2.75, 3.05) is 6.61 Å². The maximum Gasteiger partial charge on any atom is 0.514 e. The number of carbonyl (C=O) groups is 2. The first-order valence-corrected chi connectivity index (χ1v) is 7.72. The van der Waals surface area contributed by atoms with Crippen LogP contribution in [-0.4, -0.2) is 30.5 Å². The zero-order valence-electron chi connectivity index (χ0n) is 13.9. The second-order valence-electron chi connectivity index (χ2n) is 6.45. The Labute approximate surface area is 136 Å². The van der Waals surface area contributed by atoms with Crippen molar-refractivity contribution in [1.29, 1.82) is 0 Å². The minimum Gasteiger partial charge on any atom is -0.450 e. The molecule has 0 aromatic heterocycles. The highest BCUT2D eigenvalue weighted by Crippen LogP contribution is 2.41. The molecule has 0 aliphatic heterocycles. The largest absolute Gasteiger partial charge is 0.514 e. The topological polar surface area (TPSA) is 73.9 Å². The van der Waals surface area contributed by atoms with Gasteiger partial charge in [-0.3, -0.25) is 0 Å². The van der Waals surface area contributed by atoms with Gasteiger partial charge in [0.05, 0.1) is 6.61 Å². The number of alkyl carbamates (subject to hydrolysis) is 1. The molecule has 1 amide bonds. The Bertz CT molecular complexity index is 561. The van der Waals surface area contributed by atoms with Gasteiger partial charge in [-0.25, -0.2) is 9.59 Å². The molecule has 0 radical (unpaired) electrons.